The zero-order valence-electron chi connectivity index (χ0n) is 8.78. The number of hydrogen-bond donors (Lipinski definition) is 0. The average Bonchev–Trinajstić information content (AvgIpc) is 2.71. The van der Waals surface area contributed by atoms with Crippen LogP contribution in [0.4, 0.5) is 5.69 Å². The van der Waals surface area contributed by atoms with Gasteiger partial charge in [0.1, 0.15) is 12.0 Å². The smallest absolute Gasteiger partial charge is 0.115 e. The van der Waals surface area contributed by atoms with Crippen molar-refractivity contribution in [3.8, 4) is 0 Å². The maximum atomic E-state index is 4.05. The van der Waals surface area contributed by atoms with E-state index in [0.29, 0.717) is 0 Å². The lowest BCUT2D eigenvalue weighted by Crippen LogP contribution is -1.84. The van der Waals surface area contributed by atoms with Crippen LogP contribution in [-0.4, -0.2) is 16.2 Å². The summed E-state index contributed by atoms with van der Waals surface area (Å²) in [6.07, 6.45) is 5.98. The highest BCUT2D eigenvalue weighted by molar-refractivity contribution is 5.73. The number of hydrogen-bond acceptors (Lipinski definition) is 3. The molecule has 3 heteroatoms. The molecule has 2 rings (SSSR count). The maximum absolute atomic E-state index is 4.05. The van der Waals surface area contributed by atoms with Crippen molar-refractivity contribution in [2.75, 3.05) is 0 Å². The molecule has 0 amide bonds. The van der Waals surface area contributed by atoms with Crippen LogP contribution in [0, 0.1) is 0 Å². The predicted molar refractivity (Wildman–Crippen MR) is 56.6 cm³/mol. The molecule has 2 heterocycles. The third-order valence-corrected chi connectivity index (χ3v) is 1.29. The molecule has 1 aromatic rings. The van der Waals surface area contributed by atoms with E-state index in [2.05, 4.69) is 15.0 Å². The Balaban J connectivity index is 0.000000322. The molecule has 13 heavy (non-hydrogen) atoms. The Kier molecular flexibility index (Phi) is 6.69. The van der Waals surface area contributed by atoms with Gasteiger partial charge in [0, 0.05) is 12.6 Å². The van der Waals surface area contributed by atoms with Crippen molar-refractivity contribution in [1.82, 2.24) is 9.97 Å². The Morgan fingerprint density at radius 3 is 2.46 bits per heavy atom. The standard InChI is InChI=1S/C6H5N3.2C2H6/c1-2-8-6-3-7-4-9-5(1)6;2*1-2/h2-4H,1H2;2*1-2H3. The predicted octanol–water partition coefficient (Wildman–Crippen LogP) is 2.79. The quantitative estimate of drug-likeness (QED) is 0.614. The summed E-state index contributed by atoms with van der Waals surface area (Å²) in [7, 11) is 0. The van der Waals surface area contributed by atoms with Crippen LogP contribution in [0.1, 0.15) is 33.4 Å². The van der Waals surface area contributed by atoms with Gasteiger partial charge in [0.25, 0.3) is 0 Å². The first kappa shape index (κ1) is 11.8. The topological polar surface area (TPSA) is 38.1 Å². The van der Waals surface area contributed by atoms with Crippen LogP contribution < -0.4 is 0 Å². The summed E-state index contributed by atoms with van der Waals surface area (Å²) in [5.74, 6) is 0. The number of fused-ring (bicyclic) bond motifs is 1. The fourth-order valence-corrected chi connectivity index (χ4v) is 0.843. The molecule has 3 nitrogen and oxygen atoms in total. The zero-order valence-corrected chi connectivity index (χ0v) is 8.78. The van der Waals surface area contributed by atoms with Crippen molar-refractivity contribution in [2.24, 2.45) is 4.99 Å². The lowest BCUT2D eigenvalue weighted by molar-refractivity contribution is 1.09. The minimum absolute atomic E-state index is 0.859. The third-order valence-electron chi connectivity index (χ3n) is 1.29. The van der Waals surface area contributed by atoms with E-state index in [4.69, 9.17) is 0 Å². The lowest BCUT2D eigenvalue weighted by Gasteiger charge is -1.89. The van der Waals surface area contributed by atoms with Crippen molar-refractivity contribution in [1.29, 1.82) is 0 Å². The van der Waals surface area contributed by atoms with E-state index >= 15 is 0 Å². The minimum atomic E-state index is 0.859. The van der Waals surface area contributed by atoms with E-state index in [9.17, 15) is 0 Å². The van der Waals surface area contributed by atoms with E-state index in [1.807, 2.05) is 33.9 Å². The van der Waals surface area contributed by atoms with Crippen LogP contribution in [0.5, 0.6) is 0 Å². The molecule has 0 saturated heterocycles. The van der Waals surface area contributed by atoms with E-state index in [1.165, 1.54) is 0 Å². The van der Waals surface area contributed by atoms with Crippen LogP contribution in [0.25, 0.3) is 0 Å². The second kappa shape index (κ2) is 7.40. The molecular formula is C10H17N3. The van der Waals surface area contributed by atoms with Gasteiger partial charge in [-0.25, -0.2) is 9.97 Å². The molecule has 0 bridgehead atoms. The van der Waals surface area contributed by atoms with E-state index in [-0.39, 0.29) is 0 Å². The first-order valence-corrected chi connectivity index (χ1v) is 4.78. The van der Waals surface area contributed by atoms with Crippen molar-refractivity contribution < 1.29 is 0 Å². The molecule has 72 valence electrons. The Bertz CT molecular complexity index is 256. The lowest BCUT2D eigenvalue weighted by atomic mass is 10.3. The van der Waals surface area contributed by atoms with Crippen LogP contribution in [-0.2, 0) is 6.42 Å². The summed E-state index contributed by atoms with van der Waals surface area (Å²) in [5, 5.41) is 0. The normalized spacial score (nSPS) is 10.5. The number of rotatable bonds is 0. The zero-order chi connectivity index (χ0) is 10.1. The molecule has 0 aromatic carbocycles. The van der Waals surface area contributed by atoms with Gasteiger partial charge in [0.2, 0.25) is 0 Å². The van der Waals surface area contributed by atoms with Crippen molar-refractivity contribution in [2.45, 2.75) is 34.1 Å². The van der Waals surface area contributed by atoms with E-state index in [0.717, 1.165) is 17.8 Å². The van der Waals surface area contributed by atoms with Gasteiger partial charge < -0.3 is 0 Å². The SMILES string of the molecule is C1=Nc2cncnc2C1.CC.CC. The average molecular weight is 179 g/mol. The summed E-state index contributed by atoms with van der Waals surface area (Å²) < 4.78 is 0. The van der Waals surface area contributed by atoms with E-state index < -0.39 is 0 Å². The van der Waals surface area contributed by atoms with Gasteiger partial charge in [0.05, 0.1) is 11.9 Å². The fourth-order valence-electron chi connectivity index (χ4n) is 0.843. The fraction of sp³-hybridized carbons (Fsp3) is 0.500. The minimum Gasteiger partial charge on any atom is -0.257 e. The second-order valence-electron chi connectivity index (χ2n) is 1.87. The summed E-state index contributed by atoms with van der Waals surface area (Å²) in [5.41, 5.74) is 1.95. The van der Waals surface area contributed by atoms with Gasteiger partial charge in [-0.2, -0.15) is 0 Å². The maximum Gasteiger partial charge on any atom is 0.115 e. The molecule has 0 N–H and O–H groups in total. The molecule has 0 saturated carbocycles. The monoisotopic (exact) mass is 179 g/mol. The molecule has 1 aromatic heterocycles. The molecule has 0 atom stereocenters. The van der Waals surface area contributed by atoms with Crippen molar-refractivity contribution >= 4 is 11.9 Å². The first-order chi connectivity index (χ1) is 6.47. The van der Waals surface area contributed by atoms with Crippen LogP contribution >= 0.6 is 0 Å². The van der Waals surface area contributed by atoms with Crippen LogP contribution in [0.2, 0.25) is 0 Å². The molecular weight excluding hydrogens is 162 g/mol. The highest BCUT2D eigenvalue weighted by Gasteiger charge is 2.04. The second-order valence-corrected chi connectivity index (χ2v) is 1.87. The van der Waals surface area contributed by atoms with Crippen LogP contribution in [0.15, 0.2) is 17.5 Å². The van der Waals surface area contributed by atoms with E-state index in [1.54, 1.807) is 12.5 Å². The highest BCUT2D eigenvalue weighted by atomic mass is 14.9. The van der Waals surface area contributed by atoms with Gasteiger partial charge in [-0.1, -0.05) is 27.7 Å². The highest BCUT2D eigenvalue weighted by Crippen LogP contribution is 2.18. The first-order valence-electron chi connectivity index (χ1n) is 4.78. The summed E-state index contributed by atoms with van der Waals surface area (Å²) in [6, 6.07) is 0. The summed E-state index contributed by atoms with van der Waals surface area (Å²) >= 11 is 0. The number of aliphatic imine (C=N–C) groups is 1. The molecule has 0 fully saturated rings. The molecule has 0 spiro atoms. The molecule has 1 aliphatic rings. The Morgan fingerprint density at radius 2 is 1.85 bits per heavy atom. The molecule has 0 aliphatic carbocycles. The van der Waals surface area contributed by atoms with Gasteiger partial charge >= 0.3 is 0 Å². The molecule has 1 aliphatic heterocycles. The summed E-state index contributed by atoms with van der Waals surface area (Å²) in [6.45, 7) is 8.00. The van der Waals surface area contributed by atoms with Crippen molar-refractivity contribution in [3.05, 3.63) is 18.2 Å². The van der Waals surface area contributed by atoms with Gasteiger partial charge in [0.15, 0.2) is 0 Å². The summed E-state index contributed by atoms with van der Waals surface area (Å²) in [4.78, 5) is 11.9. The largest absolute Gasteiger partial charge is 0.257 e. The number of nitrogens with zero attached hydrogens (tertiary/aromatic N) is 3. The Hall–Kier alpha value is -1.25. The Morgan fingerprint density at radius 1 is 1.15 bits per heavy atom. The molecule has 0 radical (unpaired) electrons. The van der Waals surface area contributed by atoms with Gasteiger partial charge in [-0.3, -0.25) is 4.99 Å². The van der Waals surface area contributed by atoms with Crippen molar-refractivity contribution in [3.63, 3.8) is 0 Å². The molecule has 0 unspecified atom stereocenters. The van der Waals surface area contributed by atoms with Gasteiger partial charge in [-0.15, -0.1) is 0 Å². The Labute approximate surface area is 80.0 Å². The van der Waals surface area contributed by atoms with Gasteiger partial charge in [-0.05, 0) is 0 Å². The third kappa shape index (κ3) is 3.32. The number of aromatic nitrogens is 2. The van der Waals surface area contributed by atoms with Crippen LogP contribution in [0.3, 0.4) is 0 Å².